The van der Waals surface area contributed by atoms with Gasteiger partial charge in [0, 0.05) is 42.5 Å². The van der Waals surface area contributed by atoms with E-state index in [9.17, 15) is 4.79 Å². The average Bonchev–Trinajstić information content (AvgIpc) is 3.54. The second kappa shape index (κ2) is 8.11. The molecule has 1 amide bonds. The number of amides is 1. The number of carbonyl (C=O) groups excluding carboxylic acids is 1. The Morgan fingerprint density at radius 1 is 1.22 bits per heavy atom. The lowest BCUT2D eigenvalue weighted by atomic mass is 10.1. The van der Waals surface area contributed by atoms with E-state index >= 15 is 0 Å². The fraction of sp³-hybridized carbons (Fsp3) is 0.333. The standard InChI is InChI=1S/C24H26N6OS/c1-14-7-8-15(2)19-18(14)20(28-27-19)23-26-21(22(32-23)16-6-5-10-25-12-16)24(31)30-11-9-17(13-30)29(3)4/h5-8,10,12,17H,9,11,13H2,1-4H3,(H,27,28)/t17-/m0/s1. The van der Waals surface area contributed by atoms with Gasteiger partial charge in [-0.3, -0.25) is 14.9 Å². The van der Waals surface area contributed by atoms with Gasteiger partial charge in [0.05, 0.1) is 10.4 Å². The molecule has 4 aromatic rings. The van der Waals surface area contributed by atoms with Gasteiger partial charge < -0.3 is 9.80 Å². The highest BCUT2D eigenvalue weighted by molar-refractivity contribution is 7.18. The maximum absolute atomic E-state index is 13.6. The third-order valence-electron chi connectivity index (χ3n) is 6.27. The van der Waals surface area contributed by atoms with Crippen LogP contribution in [0.25, 0.3) is 32.0 Å². The van der Waals surface area contributed by atoms with Gasteiger partial charge in [0.25, 0.3) is 5.91 Å². The van der Waals surface area contributed by atoms with Crippen LogP contribution in [0.2, 0.25) is 0 Å². The molecule has 1 aliphatic heterocycles. The molecule has 1 saturated heterocycles. The third kappa shape index (κ3) is 3.49. The lowest BCUT2D eigenvalue weighted by Crippen LogP contribution is -2.34. The van der Waals surface area contributed by atoms with Gasteiger partial charge in [-0.2, -0.15) is 5.10 Å². The first kappa shape index (κ1) is 20.8. The number of rotatable bonds is 4. The van der Waals surface area contributed by atoms with Crippen molar-refractivity contribution in [2.45, 2.75) is 26.3 Å². The van der Waals surface area contributed by atoms with Gasteiger partial charge in [0.15, 0.2) is 0 Å². The zero-order chi connectivity index (χ0) is 22.4. The number of benzene rings is 1. The Labute approximate surface area is 191 Å². The highest BCUT2D eigenvalue weighted by atomic mass is 32.1. The lowest BCUT2D eigenvalue weighted by molar-refractivity contribution is 0.0779. The van der Waals surface area contributed by atoms with Gasteiger partial charge in [-0.1, -0.05) is 18.2 Å². The molecule has 32 heavy (non-hydrogen) atoms. The van der Waals surface area contributed by atoms with Crippen LogP contribution in [-0.4, -0.2) is 69.1 Å². The van der Waals surface area contributed by atoms with Crippen LogP contribution in [0.3, 0.4) is 0 Å². The van der Waals surface area contributed by atoms with Gasteiger partial charge >= 0.3 is 0 Å². The molecule has 3 aromatic heterocycles. The summed E-state index contributed by atoms with van der Waals surface area (Å²) in [5.41, 5.74) is 5.45. The molecule has 1 fully saturated rings. The predicted molar refractivity (Wildman–Crippen MR) is 128 cm³/mol. The van der Waals surface area contributed by atoms with Crippen LogP contribution in [0, 0.1) is 13.8 Å². The van der Waals surface area contributed by atoms with Gasteiger partial charge in [0.2, 0.25) is 0 Å². The highest BCUT2D eigenvalue weighted by Gasteiger charge is 2.32. The van der Waals surface area contributed by atoms with Gasteiger partial charge in [-0.05, 0) is 51.6 Å². The second-order valence-electron chi connectivity index (χ2n) is 8.62. The molecule has 0 spiro atoms. The topological polar surface area (TPSA) is 78.0 Å². The number of hydrogen-bond donors (Lipinski definition) is 1. The quantitative estimate of drug-likeness (QED) is 0.510. The minimum absolute atomic E-state index is 0.0209. The van der Waals surface area contributed by atoms with E-state index in [1.165, 1.54) is 11.3 Å². The van der Waals surface area contributed by atoms with E-state index in [1.54, 1.807) is 12.4 Å². The van der Waals surface area contributed by atoms with E-state index in [1.807, 2.05) is 17.0 Å². The number of carbonyl (C=O) groups is 1. The van der Waals surface area contributed by atoms with Crippen LogP contribution < -0.4 is 0 Å². The smallest absolute Gasteiger partial charge is 0.274 e. The van der Waals surface area contributed by atoms with Crippen molar-refractivity contribution in [2.24, 2.45) is 0 Å². The molecule has 7 nitrogen and oxygen atoms in total. The average molecular weight is 447 g/mol. The van der Waals surface area contributed by atoms with Crippen LogP contribution in [0.5, 0.6) is 0 Å². The predicted octanol–water partition coefficient (Wildman–Crippen LogP) is 4.14. The molecule has 1 aliphatic rings. The van der Waals surface area contributed by atoms with Crippen LogP contribution >= 0.6 is 11.3 Å². The number of likely N-dealkylation sites (N-methyl/N-ethyl adjacent to an activating group) is 1. The number of aromatic amines is 1. The number of aromatic nitrogens is 4. The maximum Gasteiger partial charge on any atom is 0.274 e. The number of pyridine rings is 1. The summed E-state index contributed by atoms with van der Waals surface area (Å²) in [4.78, 5) is 27.7. The molecule has 0 saturated carbocycles. The number of fused-ring (bicyclic) bond motifs is 1. The van der Waals surface area contributed by atoms with Crippen LogP contribution in [0.1, 0.15) is 28.0 Å². The number of nitrogens with one attached hydrogen (secondary N) is 1. The first-order chi connectivity index (χ1) is 15.4. The van der Waals surface area contributed by atoms with Crippen LogP contribution in [-0.2, 0) is 0 Å². The molecule has 5 rings (SSSR count). The summed E-state index contributed by atoms with van der Waals surface area (Å²) in [5.74, 6) is -0.0209. The first-order valence-electron chi connectivity index (χ1n) is 10.8. The Morgan fingerprint density at radius 3 is 2.75 bits per heavy atom. The van der Waals surface area contributed by atoms with Gasteiger partial charge in [-0.25, -0.2) is 4.98 Å². The van der Waals surface area contributed by atoms with Crippen molar-refractivity contribution in [3.05, 3.63) is 53.5 Å². The van der Waals surface area contributed by atoms with Gasteiger partial charge in [0.1, 0.15) is 16.4 Å². The van der Waals surface area contributed by atoms with Crippen LogP contribution in [0.4, 0.5) is 0 Å². The fourth-order valence-electron chi connectivity index (χ4n) is 4.34. The van der Waals surface area contributed by atoms with E-state index in [4.69, 9.17) is 4.98 Å². The second-order valence-corrected chi connectivity index (χ2v) is 9.62. The molecular weight excluding hydrogens is 420 g/mol. The Balaban J connectivity index is 1.62. The number of likely N-dealkylation sites (tertiary alicyclic amines) is 1. The molecule has 4 heterocycles. The van der Waals surface area contributed by atoms with Crippen molar-refractivity contribution in [1.29, 1.82) is 0 Å². The van der Waals surface area contributed by atoms with E-state index < -0.39 is 0 Å². The monoisotopic (exact) mass is 446 g/mol. The molecule has 1 atom stereocenters. The number of aryl methyl sites for hydroxylation is 2. The molecule has 0 radical (unpaired) electrons. The summed E-state index contributed by atoms with van der Waals surface area (Å²) in [6.45, 7) is 5.59. The third-order valence-corrected chi connectivity index (χ3v) is 7.39. The maximum atomic E-state index is 13.6. The number of hydrogen-bond acceptors (Lipinski definition) is 6. The molecule has 0 aliphatic carbocycles. The molecule has 0 unspecified atom stereocenters. The zero-order valence-electron chi connectivity index (χ0n) is 18.7. The Morgan fingerprint density at radius 2 is 2.03 bits per heavy atom. The van der Waals surface area contributed by atoms with E-state index in [0.717, 1.165) is 62.7 Å². The Bertz CT molecular complexity index is 1290. The molecule has 0 bridgehead atoms. The fourth-order valence-corrected chi connectivity index (χ4v) is 5.39. The van der Waals surface area contributed by atoms with Crippen molar-refractivity contribution in [2.75, 3.05) is 27.2 Å². The van der Waals surface area contributed by atoms with E-state index in [-0.39, 0.29) is 5.91 Å². The molecule has 164 valence electrons. The minimum atomic E-state index is -0.0209. The number of nitrogens with zero attached hydrogens (tertiary/aromatic N) is 5. The zero-order valence-corrected chi connectivity index (χ0v) is 19.5. The molecule has 1 aromatic carbocycles. The largest absolute Gasteiger partial charge is 0.336 e. The Kier molecular flexibility index (Phi) is 5.27. The normalized spacial score (nSPS) is 16.4. The van der Waals surface area contributed by atoms with Crippen molar-refractivity contribution in [1.82, 2.24) is 30.0 Å². The number of H-pyrrole nitrogens is 1. The van der Waals surface area contributed by atoms with Gasteiger partial charge in [-0.15, -0.1) is 11.3 Å². The Hall–Kier alpha value is -3.10. The summed E-state index contributed by atoms with van der Waals surface area (Å²) in [6, 6.07) is 8.42. The summed E-state index contributed by atoms with van der Waals surface area (Å²) in [7, 11) is 4.13. The summed E-state index contributed by atoms with van der Waals surface area (Å²) >= 11 is 1.51. The highest BCUT2D eigenvalue weighted by Crippen LogP contribution is 2.39. The van der Waals surface area contributed by atoms with E-state index in [2.05, 4.69) is 60.2 Å². The first-order valence-corrected chi connectivity index (χ1v) is 11.6. The lowest BCUT2D eigenvalue weighted by Gasteiger charge is -2.20. The molecule has 8 heteroatoms. The van der Waals surface area contributed by atoms with Crippen molar-refractivity contribution < 1.29 is 4.79 Å². The van der Waals surface area contributed by atoms with Crippen LogP contribution in [0.15, 0.2) is 36.7 Å². The summed E-state index contributed by atoms with van der Waals surface area (Å²) in [6.07, 6.45) is 4.51. The van der Waals surface area contributed by atoms with Crippen molar-refractivity contribution in [3.63, 3.8) is 0 Å². The number of thiazole rings is 1. The SMILES string of the molecule is Cc1ccc(C)c2c(-c3nc(C(=O)N4CC[C@H](N(C)C)C4)c(-c4cccnc4)s3)[nH]nc12. The minimum Gasteiger partial charge on any atom is -0.336 e. The summed E-state index contributed by atoms with van der Waals surface area (Å²) < 4.78 is 0. The molecule has 1 N–H and O–H groups in total. The summed E-state index contributed by atoms with van der Waals surface area (Å²) in [5, 5.41) is 9.56. The van der Waals surface area contributed by atoms with E-state index in [0.29, 0.717) is 11.7 Å². The van der Waals surface area contributed by atoms with Crippen molar-refractivity contribution >= 4 is 28.1 Å². The molecular formula is C24H26N6OS. The van der Waals surface area contributed by atoms with Crippen molar-refractivity contribution in [3.8, 4) is 21.1 Å².